The van der Waals surface area contributed by atoms with Crippen LogP contribution in [0.3, 0.4) is 0 Å². The second-order valence-corrected chi connectivity index (χ2v) is 6.66. The average molecular weight is 412 g/mol. The van der Waals surface area contributed by atoms with Crippen molar-refractivity contribution in [2.24, 2.45) is 11.5 Å². The zero-order valence-corrected chi connectivity index (χ0v) is 16.8. The van der Waals surface area contributed by atoms with Crippen LogP contribution < -0.4 is 11.5 Å². The number of nitrogens with two attached hydrogens (primary N) is 2. The molecule has 0 unspecified atom stereocenters. The second-order valence-electron chi connectivity index (χ2n) is 6.66. The van der Waals surface area contributed by atoms with Crippen LogP contribution in [-0.2, 0) is 9.47 Å². The number of ether oxygens (including phenoxy) is 2. The fraction of sp³-hybridized carbons (Fsp3) is 0.273. The summed E-state index contributed by atoms with van der Waals surface area (Å²) in [6.07, 6.45) is 0.396. The molecule has 158 valence electrons. The first kappa shape index (κ1) is 22.9. The van der Waals surface area contributed by atoms with E-state index in [4.69, 9.17) is 11.5 Å². The topological polar surface area (TPSA) is 139 Å². The minimum atomic E-state index is -1.85. The lowest BCUT2D eigenvalue weighted by atomic mass is 9.79. The van der Waals surface area contributed by atoms with E-state index >= 15 is 0 Å². The summed E-state index contributed by atoms with van der Waals surface area (Å²) < 4.78 is 9.28. The molecule has 0 saturated heterocycles. The largest absolute Gasteiger partial charge is 0.465 e. The summed E-state index contributed by atoms with van der Waals surface area (Å²) in [5.74, 6) is -2.26. The number of Topliss-reactive ketones (excluding diaryl/α,β-unsaturated/α-hetero) is 2. The van der Waals surface area contributed by atoms with E-state index in [-0.39, 0.29) is 35.2 Å². The summed E-state index contributed by atoms with van der Waals surface area (Å²) in [6.45, 7) is 0.252. The SMILES string of the molecule is COC(=O)c1ccc(C(=O)C(N)(CCCN)C(=O)c2ccc(C(=O)OC)cc2)cc1. The quantitative estimate of drug-likeness (QED) is 0.361. The maximum Gasteiger partial charge on any atom is 0.337 e. The lowest BCUT2D eigenvalue weighted by molar-refractivity contribution is 0.0592. The van der Waals surface area contributed by atoms with Gasteiger partial charge in [-0.2, -0.15) is 0 Å². The number of hydrogen-bond donors (Lipinski definition) is 2. The molecule has 0 aliphatic heterocycles. The van der Waals surface area contributed by atoms with E-state index in [9.17, 15) is 19.2 Å². The van der Waals surface area contributed by atoms with Gasteiger partial charge in [0.25, 0.3) is 0 Å². The van der Waals surface area contributed by atoms with Gasteiger partial charge in [-0.05, 0) is 43.7 Å². The van der Waals surface area contributed by atoms with Gasteiger partial charge in [0.05, 0.1) is 25.3 Å². The van der Waals surface area contributed by atoms with E-state index in [1.165, 1.54) is 62.8 Å². The highest BCUT2D eigenvalue weighted by Gasteiger charge is 2.42. The van der Waals surface area contributed by atoms with Gasteiger partial charge < -0.3 is 20.9 Å². The van der Waals surface area contributed by atoms with Gasteiger partial charge in [-0.1, -0.05) is 24.3 Å². The summed E-state index contributed by atoms with van der Waals surface area (Å²) in [6, 6.07) is 11.4. The summed E-state index contributed by atoms with van der Waals surface area (Å²) in [5.41, 5.74) is 11.0. The first-order valence-electron chi connectivity index (χ1n) is 9.23. The molecule has 0 saturated carbocycles. The molecule has 0 spiro atoms. The van der Waals surface area contributed by atoms with Gasteiger partial charge in [0.1, 0.15) is 5.54 Å². The Morgan fingerprint density at radius 3 is 1.37 bits per heavy atom. The molecule has 4 N–H and O–H groups in total. The highest BCUT2D eigenvalue weighted by atomic mass is 16.5. The van der Waals surface area contributed by atoms with Gasteiger partial charge in [0.2, 0.25) is 0 Å². The van der Waals surface area contributed by atoms with Gasteiger partial charge in [-0.3, -0.25) is 9.59 Å². The third-order valence-electron chi connectivity index (χ3n) is 4.72. The Bertz CT molecular complexity index is 864. The summed E-state index contributed by atoms with van der Waals surface area (Å²) in [5, 5.41) is 0. The molecular weight excluding hydrogens is 388 g/mol. The molecule has 30 heavy (non-hydrogen) atoms. The lowest BCUT2D eigenvalue weighted by Crippen LogP contribution is -2.55. The van der Waals surface area contributed by atoms with Crippen LogP contribution in [0.15, 0.2) is 48.5 Å². The predicted molar refractivity (Wildman–Crippen MR) is 109 cm³/mol. The minimum absolute atomic E-state index is 0.0404. The monoisotopic (exact) mass is 412 g/mol. The molecule has 0 radical (unpaired) electrons. The van der Waals surface area contributed by atoms with Crippen LogP contribution in [-0.4, -0.2) is 49.8 Å². The van der Waals surface area contributed by atoms with E-state index < -0.39 is 29.0 Å². The molecule has 0 aliphatic carbocycles. The number of rotatable bonds is 9. The highest BCUT2D eigenvalue weighted by molar-refractivity contribution is 6.23. The number of benzene rings is 2. The zero-order valence-electron chi connectivity index (χ0n) is 16.8. The van der Waals surface area contributed by atoms with Crippen LogP contribution in [0.2, 0.25) is 0 Å². The maximum absolute atomic E-state index is 13.2. The van der Waals surface area contributed by atoms with Crippen LogP contribution in [0, 0.1) is 0 Å². The van der Waals surface area contributed by atoms with E-state index in [1.807, 2.05) is 0 Å². The molecule has 8 heteroatoms. The fourth-order valence-electron chi connectivity index (χ4n) is 2.98. The fourth-order valence-corrected chi connectivity index (χ4v) is 2.98. The summed E-state index contributed by atoms with van der Waals surface area (Å²) >= 11 is 0. The van der Waals surface area contributed by atoms with Gasteiger partial charge in [0, 0.05) is 11.1 Å². The van der Waals surface area contributed by atoms with Crippen molar-refractivity contribution in [2.75, 3.05) is 20.8 Å². The molecule has 0 amide bonds. The molecule has 0 bridgehead atoms. The third kappa shape index (κ3) is 4.79. The van der Waals surface area contributed by atoms with E-state index in [2.05, 4.69) is 9.47 Å². The zero-order chi connectivity index (χ0) is 22.3. The second kappa shape index (κ2) is 9.91. The highest BCUT2D eigenvalue weighted by Crippen LogP contribution is 2.23. The Kier molecular flexibility index (Phi) is 7.57. The molecule has 8 nitrogen and oxygen atoms in total. The van der Waals surface area contributed by atoms with Crippen LogP contribution in [0.5, 0.6) is 0 Å². The standard InChI is InChI=1S/C22H24N2O6/c1-29-20(27)16-8-4-14(5-9-16)18(25)22(24,12-3-13-23)19(26)15-6-10-17(11-7-15)21(28)30-2/h4-11H,3,12-13,23-24H2,1-2H3. The van der Waals surface area contributed by atoms with Crippen LogP contribution >= 0.6 is 0 Å². The molecule has 0 aromatic heterocycles. The van der Waals surface area contributed by atoms with Crippen molar-refractivity contribution in [3.63, 3.8) is 0 Å². The van der Waals surface area contributed by atoms with E-state index in [0.29, 0.717) is 6.42 Å². The normalized spacial score (nSPS) is 10.9. The summed E-state index contributed by atoms with van der Waals surface area (Å²) in [4.78, 5) is 49.5. The molecular formula is C22H24N2O6. The van der Waals surface area contributed by atoms with Crippen LogP contribution in [0.25, 0.3) is 0 Å². The van der Waals surface area contributed by atoms with Gasteiger partial charge in [0.15, 0.2) is 11.6 Å². The van der Waals surface area contributed by atoms with Crippen LogP contribution in [0.1, 0.15) is 54.3 Å². The van der Waals surface area contributed by atoms with Gasteiger partial charge in [-0.15, -0.1) is 0 Å². The van der Waals surface area contributed by atoms with Crippen molar-refractivity contribution in [3.05, 3.63) is 70.8 Å². The predicted octanol–water partition coefficient (Wildman–Crippen LogP) is 1.76. The Labute approximate surface area is 174 Å². The first-order chi connectivity index (χ1) is 14.3. The molecule has 2 aromatic carbocycles. The minimum Gasteiger partial charge on any atom is -0.465 e. The maximum atomic E-state index is 13.2. The molecule has 0 atom stereocenters. The summed E-state index contributed by atoms with van der Waals surface area (Å²) in [7, 11) is 2.51. The van der Waals surface area contributed by atoms with Crippen molar-refractivity contribution < 1.29 is 28.7 Å². The average Bonchev–Trinajstić information content (AvgIpc) is 2.80. The van der Waals surface area contributed by atoms with Crippen LogP contribution in [0.4, 0.5) is 0 Å². The number of carbonyl (C=O) groups is 4. The molecule has 2 aromatic rings. The van der Waals surface area contributed by atoms with Crippen molar-refractivity contribution in [3.8, 4) is 0 Å². The van der Waals surface area contributed by atoms with Crippen molar-refractivity contribution in [1.29, 1.82) is 0 Å². The van der Waals surface area contributed by atoms with Crippen molar-refractivity contribution in [2.45, 2.75) is 18.4 Å². The lowest BCUT2D eigenvalue weighted by Gasteiger charge is -2.27. The molecule has 0 aliphatic rings. The Hall–Kier alpha value is -3.36. The number of esters is 2. The van der Waals surface area contributed by atoms with Gasteiger partial charge >= 0.3 is 11.9 Å². The Morgan fingerprint density at radius 2 is 1.07 bits per heavy atom. The molecule has 0 heterocycles. The smallest absolute Gasteiger partial charge is 0.337 e. The number of carbonyl (C=O) groups excluding carboxylic acids is 4. The Morgan fingerprint density at radius 1 is 0.733 bits per heavy atom. The van der Waals surface area contributed by atoms with Gasteiger partial charge in [-0.25, -0.2) is 9.59 Å². The molecule has 2 rings (SSSR count). The first-order valence-corrected chi connectivity index (χ1v) is 9.23. The number of ketones is 2. The number of hydrogen-bond acceptors (Lipinski definition) is 8. The van der Waals surface area contributed by atoms with Crippen molar-refractivity contribution in [1.82, 2.24) is 0 Å². The van der Waals surface area contributed by atoms with E-state index in [1.54, 1.807) is 0 Å². The molecule has 0 fully saturated rings. The number of methoxy groups -OCH3 is 2. The van der Waals surface area contributed by atoms with Crippen molar-refractivity contribution >= 4 is 23.5 Å². The van der Waals surface area contributed by atoms with E-state index in [0.717, 1.165) is 0 Å². The Balaban J connectivity index is 2.38. The third-order valence-corrected chi connectivity index (χ3v) is 4.72.